The third-order valence-corrected chi connectivity index (χ3v) is 2.24. The molecule has 0 unspecified atom stereocenters. The van der Waals surface area contributed by atoms with Crippen molar-refractivity contribution in [2.75, 3.05) is 0 Å². The van der Waals surface area contributed by atoms with E-state index in [0.29, 0.717) is 12.8 Å². The normalized spacial score (nSPS) is 35.3. The molecule has 0 aliphatic heterocycles. The summed E-state index contributed by atoms with van der Waals surface area (Å²) < 4.78 is 0. The van der Waals surface area contributed by atoms with Crippen LogP contribution >= 0.6 is 17.0 Å². The van der Waals surface area contributed by atoms with Crippen LogP contribution in [-0.2, 0) is 4.79 Å². The third kappa shape index (κ3) is 2.43. The summed E-state index contributed by atoms with van der Waals surface area (Å²) in [6.45, 7) is 0. The predicted octanol–water partition coefficient (Wildman–Crippen LogP) is 0.137. The van der Waals surface area contributed by atoms with Crippen molar-refractivity contribution in [2.45, 2.75) is 31.4 Å². The largest absolute Gasteiger partial charge is 0.481 e. The molecule has 4 nitrogen and oxygen atoms in total. The van der Waals surface area contributed by atoms with Gasteiger partial charge >= 0.3 is 5.97 Å². The second-order valence-electron chi connectivity index (χ2n) is 3.02. The van der Waals surface area contributed by atoms with Gasteiger partial charge in [0.25, 0.3) is 0 Å². The molecule has 0 aromatic carbocycles. The lowest BCUT2D eigenvalue weighted by molar-refractivity contribution is -0.145. The maximum atomic E-state index is 10.5. The van der Waals surface area contributed by atoms with Crippen molar-refractivity contribution in [3.05, 3.63) is 0 Å². The minimum absolute atomic E-state index is 0. The first-order chi connectivity index (χ1) is 5.13. The Kier molecular flexibility index (Phi) is 4.74. The van der Waals surface area contributed by atoms with E-state index in [0.717, 1.165) is 6.42 Å². The zero-order chi connectivity index (χ0) is 8.43. The second kappa shape index (κ2) is 4.79. The lowest BCUT2D eigenvalue weighted by Crippen LogP contribution is -2.47. The zero-order valence-corrected chi connectivity index (χ0v) is 8.35. The summed E-state index contributed by atoms with van der Waals surface area (Å²) in [7, 11) is 0. The Morgan fingerprint density at radius 2 is 2.00 bits per heavy atom. The van der Waals surface area contributed by atoms with Gasteiger partial charge in [-0.2, -0.15) is 0 Å². The molecule has 1 aliphatic rings. The van der Waals surface area contributed by atoms with Crippen LogP contribution in [0.1, 0.15) is 19.3 Å². The molecule has 0 radical (unpaired) electrons. The summed E-state index contributed by atoms with van der Waals surface area (Å²) in [6, 6.07) is -0.582. The fraction of sp³-hybridized carbons (Fsp3) is 0.857. The van der Waals surface area contributed by atoms with Crippen LogP contribution in [-0.4, -0.2) is 28.3 Å². The molecule has 3 atom stereocenters. The van der Waals surface area contributed by atoms with Crippen LogP contribution in [0.4, 0.5) is 0 Å². The maximum absolute atomic E-state index is 10.5. The molecule has 5 heteroatoms. The molecule has 12 heavy (non-hydrogen) atoms. The molecule has 0 spiro atoms. The molecule has 0 aromatic rings. The number of halogens is 1. The van der Waals surface area contributed by atoms with Crippen LogP contribution in [0.5, 0.6) is 0 Å². The lowest BCUT2D eigenvalue weighted by Gasteiger charge is -2.29. The fourth-order valence-electron chi connectivity index (χ4n) is 1.49. The van der Waals surface area contributed by atoms with Crippen LogP contribution < -0.4 is 5.73 Å². The standard InChI is InChI=1S/C7H13NO3.BrH/c8-6-4(7(10)11)2-1-3-5(6)9;/h4-6,9H,1-3,8H2,(H,10,11);1H/t4-,5+,6-;/m1./s1. The van der Waals surface area contributed by atoms with Gasteiger partial charge in [0.1, 0.15) is 0 Å². The van der Waals surface area contributed by atoms with Gasteiger partial charge in [0.15, 0.2) is 0 Å². The van der Waals surface area contributed by atoms with E-state index in [-0.39, 0.29) is 17.0 Å². The summed E-state index contributed by atoms with van der Waals surface area (Å²) in [5.74, 6) is -1.45. The highest BCUT2D eigenvalue weighted by molar-refractivity contribution is 8.93. The van der Waals surface area contributed by atoms with Crippen molar-refractivity contribution in [2.24, 2.45) is 11.7 Å². The highest BCUT2D eigenvalue weighted by atomic mass is 79.9. The molecular formula is C7H14BrNO3. The molecule has 1 rings (SSSR count). The molecule has 1 saturated carbocycles. The van der Waals surface area contributed by atoms with E-state index in [4.69, 9.17) is 10.8 Å². The lowest BCUT2D eigenvalue weighted by atomic mass is 9.83. The summed E-state index contributed by atoms with van der Waals surface area (Å²) in [5.41, 5.74) is 5.49. The van der Waals surface area contributed by atoms with E-state index in [1.54, 1.807) is 0 Å². The minimum Gasteiger partial charge on any atom is -0.481 e. The molecular weight excluding hydrogens is 226 g/mol. The van der Waals surface area contributed by atoms with Gasteiger partial charge in [-0.25, -0.2) is 0 Å². The molecule has 0 amide bonds. The van der Waals surface area contributed by atoms with E-state index in [2.05, 4.69) is 0 Å². The Labute approximate surface area is 81.5 Å². The molecule has 1 fully saturated rings. The van der Waals surface area contributed by atoms with Gasteiger partial charge in [-0.15, -0.1) is 17.0 Å². The number of rotatable bonds is 1. The summed E-state index contributed by atoms with van der Waals surface area (Å²) in [6.07, 6.45) is 1.34. The van der Waals surface area contributed by atoms with Crippen molar-refractivity contribution in [1.82, 2.24) is 0 Å². The average molecular weight is 240 g/mol. The van der Waals surface area contributed by atoms with Crippen LogP contribution in [0, 0.1) is 5.92 Å². The monoisotopic (exact) mass is 239 g/mol. The van der Waals surface area contributed by atoms with Gasteiger partial charge in [-0.3, -0.25) is 4.79 Å². The molecule has 0 aromatic heterocycles. The van der Waals surface area contributed by atoms with Crippen molar-refractivity contribution >= 4 is 23.0 Å². The first kappa shape index (κ1) is 11.9. The number of carboxylic acid groups (broad SMARTS) is 1. The van der Waals surface area contributed by atoms with Gasteiger partial charge < -0.3 is 15.9 Å². The van der Waals surface area contributed by atoms with E-state index in [1.165, 1.54) is 0 Å². The third-order valence-electron chi connectivity index (χ3n) is 2.24. The van der Waals surface area contributed by atoms with Crippen LogP contribution in [0.2, 0.25) is 0 Å². The number of aliphatic hydroxyl groups excluding tert-OH is 1. The number of carboxylic acids is 1. The van der Waals surface area contributed by atoms with Crippen LogP contribution in [0.25, 0.3) is 0 Å². The molecule has 1 aliphatic carbocycles. The molecule has 0 heterocycles. The van der Waals surface area contributed by atoms with Gasteiger partial charge in [-0.1, -0.05) is 0 Å². The maximum Gasteiger partial charge on any atom is 0.308 e. The highest BCUT2D eigenvalue weighted by Crippen LogP contribution is 2.23. The van der Waals surface area contributed by atoms with E-state index < -0.39 is 24.0 Å². The molecule has 4 N–H and O–H groups in total. The second-order valence-corrected chi connectivity index (χ2v) is 3.02. The Bertz CT molecular complexity index is 165. The SMILES string of the molecule is Br.N[C@H]1[C@@H](O)CCC[C@H]1C(=O)O. The number of aliphatic carboxylic acids is 1. The minimum atomic E-state index is -0.892. The summed E-state index contributed by atoms with van der Waals surface area (Å²) in [5, 5.41) is 17.8. The Morgan fingerprint density at radius 3 is 2.42 bits per heavy atom. The summed E-state index contributed by atoms with van der Waals surface area (Å²) >= 11 is 0. The van der Waals surface area contributed by atoms with Crippen molar-refractivity contribution in [1.29, 1.82) is 0 Å². The predicted molar refractivity (Wildman–Crippen MR) is 49.3 cm³/mol. The zero-order valence-electron chi connectivity index (χ0n) is 6.64. The Balaban J connectivity index is 0.00000121. The molecule has 0 saturated heterocycles. The van der Waals surface area contributed by atoms with Crippen molar-refractivity contribution in [3.63, 3.8) is 0 Å². The number of hydrogen-bond donors (Lipinski definition) is 3. The number of aliphatic hydroxyl groups is 1. The fourth-order valence-corrected chi connectivity index (χ4v) is 1.49. The van der Waals surface area contributed by atoms with E-state index >= 15 is 0 Å². The number of hydrogen-bond acceptors (Lipinski definition) is 3. The topological polar surface area (TPSA) is 83.5 Å². The van der Waals surface area contributed by atoms with E-state index in [9.17, 15) is 9.90 Å². The van der Waals surface area contributed by atoms with Crippen LogP contribution in [0.15, 0.2) is 0 Å². The van der Waals surface area contributed by atoms with Crippen molar-refractivity contribution in [3.8, 4) is 0 Å². The Morgan fingerprint density at radius 1 is 1.42 bits per heavy atom. The first-order valence-electron chi connectivity index (χ1n) is 3.79. The molecule has 72 valence electrons. The van der Waals surface area contributed by atoms with E-state index in [1.807, 2.05) is 0 Å². The van der Waals surface area contributed by atoms with Crippen LogP contribution in [0.3, 0.4) is 0 Å². The number of carbonyl (C=O) groups is 1. The van der Waals surface area contributed by atoms with Crippen molar-refractivity contribution < 1.29 is 15.0 Å². The highest BCUT2D eigenvalue weighted by Gasteiger charge is 2.33. The smallest absolute Gasteiger partial charge is 0.308 e. The summed E-state index contributed by atoms with van der Waals surface area (Å²) in [4.78, 5) is 10.5. The first-order valence-corrected chi connectivity index (χ1v) is 3.79. The molecule has 0 bridgehead atoms. The van der Waals surface area contributed by atoms with Gasteiger partial charge in [0, 0.05) is 6.04 Å². The van der Waals surface area contributed by atoms with Gasteiger partial charge in [0.05, 0.1) is 12.0 Å². The average Bonchev–Trinajstić information content (AvgIpc) is 1.94. The number of nitrogens with two attached hydrogens (primary N) is 1. The quantitative estimate of drug-likeness (QED) is 0.608. The Hall–Kier alpha value is -0.130. The van der Waals surface area contributed by atoms with Gasteiger partial charge in [0.2, 0.25) is 0 Å². The van der Waals surface area contributed by atoms with Gasteiger partial charge in [-0.05, 0) is 19.3 Å².